The third-order valence-electron chi connectivity index (χ3n) is 2.03. The molecular formula is C7H12F2O2. The van der Waals surface area contributed by atoms with Crippen molar-refractivity contribution < 1.29 is 18.6 Å². The van der Waals surface area contributed by atoms with Crippen LogP contribution in [-0.2, 0) is 4.74 Å². The molecule has 66 valence electrons. The van der Waals surface area contributed by atoms with Gasteiger partial charge in [-0.2, -0.15) is 0 Å². The molecule has 0 aliphatic carbocycles. The summed E-state index contributed by atoms with van der Waals surface area (Å²) in [6.45, 7) is -0.266. The van der Waals surface area contributed by atoms with Crippen molar-refractivity contribution >= 4 is 0 Å². The van der Waals surface area contributed by atoms with Gasteiger partial charge in [0.1, 0.15) is 6.61 Å². The van der Waals surface area contributed by atoms with Gasteiger partial charge in [-0.25, -0.2) is 8.78 Å². The lowest BCUT2D eigenvalue weighted by molar-refractivity contribution is -0.124. The average Bonchev–Trinajstić information content (AvgIpc) is 2.06. The Morgan fingerprint density at radius 1 is 1.36 bits per heavy atom. The highest BCUT2D eigenvalue weighted by molar-refractivity contribution is 4.78. The van der Waals surface area contributed by atoms with E-state index in [4.69, 9.17) is 9.84 Å². The molecule has 1 N–H and O–H groups in total. The van der Waals surface area contributed by atoms with E-state index >= 15 is 0 Å². The minimum atomic E-state index is -2.91. The Hall–Kier alpha value is -0.220. The van der Waals surface area contributed by atoms with Crippen LogP contribution in [0.3, 0.4) is 0 Å². The van der Waals surface area contributed by atoms with Gasteiger partial charge in [0, 0.05) is 19.1 Å². The van der Waals surface area contributed by atoms with Crippen LogP contribution < -0.4 is 0 Å². The highest BCUT2D eigenvalue weighted by Crippen LogP contribution is 2.31. The molecule has 0 radical (unpaired) electrons. The van der Waals surface area contributed by atoms with E-state index in [1.807, 2.05) is 0 Å². The van der Waals surface area contributed by atoms with Gasteiger partial charge in [-0.1, -0.05) is 0 Å². The molecule has 1 saturated heterocycles. The minimum absolute atomic E-state index is 0.355. The van der Waals surface area contributed by atoms with Crippen LogP contribution in [0.25, 0.3) is 0 Å². The molecule has 2 nitrogen and oxygen atoms in total. The van der Waals surface area contributed by atoms with Gasteiger partial charge < -0.3 is 9.84 Å². The third-order valence-corrected chi connectivity index (χ3v) is 2.03. The molecule has 1 heterocycles. The topological polar surface area (TPSA) is 29.5 Å². The number of ether oxygens (including phenoxy) is 1. The minimum Gasteiger partial charge on any atom is -0.390 e. The Kier molecular flexibility index (Phi) is 2.78. The van der Waals surface area contributed by atoms with E-state index in [1.54, 1.807) is 0 Å². The molecule has 0 atom stereocenters. The van der Waals surface area contributed by atoms with E-state index in [9.17, 15) is 8.78 Å². The Morgan fingerprint density at radius 3 is 2.36 bits per heavy atom. The second kappa shape index (κ2) is 3.45. The fourth-order valence-electron chi connectivity index (χ4n) is 1.25. The quantitative estimate of drug-likeness (QED) is 0.664. The van der Waals surface area contributed by atoms with Crippen molar-refractivity contribution in [1.82, 2.24) is 0 Å². The van der Waals surface area contributed by atoms with E-state index in [2.05, 4.69) is 0 Å². The molecule has 0 unspecified atom stereocenters. The maximum Gasteiger partial charge on any atom is 0.273 e. The van der Waals surface area contributed by atoms with Gasteiger partial charge in [-0.05, 0) is 12.8 Å². The molecule has 0 aromatic rings. The zero-order valence-electron chi connectivity index (χ0n) is 6.22. The monoisotopic (exact) mass is 166 g/mol. The maximum atomic E-state index is 12.7. The Bertz CT molecular complexity index is 122. The first kappa shape index (κ1) is 8.87. The predicted octanol–water partition coefficient (Wildman–Crippen LogP) is 1.04. The van der Waals surface area contributed by atoms with Crippen LogP contribution in [0.2, 0.25) is 0 Å². The second-order valence-electron chi connectivity index (χ2n) is 2.81. The van der Waals surface area contributed by atoms with Crippen LogP contribution in [0, 0.1) is 5.92 Å². The summed E-state index contributed by atoms with van der Waals surface area (Å²) in [6.07, 6.45) is 0.709. The number of alkyl halides is 2. The van der Waals surface area contributed by atoms with Crippen molar-refractivity contribution in [3.05, 3.63) is 0 Å². The lowest BCUT2D eigenvalue weighted by Gasteiger charge is -2.28. The number of halogens is 2. The van der Waals surface area contributed by atoms with E-state index in [0.717, 1.165) is 0 Å². The van der Waals surface area contributed by atoms with Gasteiger partial charge in [0.25, 0.3) is 5.92 Å². The summed E-state index contributed by atoms with van der Waals surface area (Å²) in [5.41, 5.74) is 0. The lowest BCUT2D eigenvalue weighted by atomic mass is 9.93. The molecule has 1 aliphatic heterocycles. The molecule has 1 aliphatic rings. The fourth-order valence-corrected chi connectivity index (χ4v) is 1.25. The number of hydrogen-bond donors (Lipinski definition) is 1. The average molecular weight is 166 g/mol. The number of aliphatic hydroxyl groups excluding tert-OH is 1. The standard InChI is InChI=1S/C7H12F2O2/c8-7(9,5-10)6-1-3-11-4-2-6/h6,10H,1-5H2. The van der Waals surface area contributed by atoms with Crippen molar-refractivity contribution in [2.45, 2.75) is 18.8 Å². The van der Waals surface area contributed by atoms with E-state index < -0.39 is 18.4 Å². The van der Waals surface area contributed by atoms with Crippen molar-refractivity contribution in [3.63, 3.8) is 0 Å². The van der Waals surface area contributed by atoms with Crippen molar-refractivity contribution in [2.75, 3.05) is 19.8 Å². The Labute approximate surface area is 64.2 Å². The van der Waals surface area contributed by atoms with Crippen LogP contribution in [-0.4, -0.2) is 30.8 Å². The van der Waals surface area contributed by atoms with E-state index in [-0.39, 0.29) is 0 Å². The van der Waals surface area contributed by atoms with Gasteiger partial charge in [-0.3, -0.25) is 0 Å². The molecule has 0 saturated carbocycles. The molecule has 1 fully saturated rings. The van der Waals surface area contributed by atoms with Crippen molar-refractivity contribution in [1.29, 1.82) is 0 Å². The molecule has 0 spiro atoms. The summed E-state index contributed by atoms with van der Waals surface area (Å²) < 4.78 is 30.4. The summed E-state index contributed by atoms with van der Waals surface area (Å²) >= 11 is 0. The van der Waals surface area contributed by atoms with Gasteiger partial charge in [0.2, 0.25) is 0 Å². The third kappa shape index (κ3) is 2.10. The Balaban J connectivity index is 2.43. The molecule has 0 aromatic heterocycles. The number of hydrogen-bond acceptors (Lipinski definition) is 2. The highest BCUT2D eigenvalue weighted by Gasteiger charge is 2.39. The van der Waals surface area contributed by atoms with Crippen LogP contribution >= 0.6 is 0 Å². The van der Waals surface area contributed by atoms with Gasteiger partial charge in [-0.15, -0.1) is 0 Å². The number of rotatable bonds is 2. The summed E-state index contributed by atoms with van der Waals surface area (Å²) in [4.78, 5) is 0. The fraction of sp³-hybridized carbons (Fsp3) is 1.00. The van der Waals surface area contributed by atoms with Crippen LogP contribution in [0.1, 0.15) is 12.8 Å². The molecule has 0 amide bonds. The summed E-state index contributed by atoms with van der Waals surface area (Å²) in [5.74, 6) is -3.61. The smallest absolute Gasteiger partial charge is 0.273 e. The summed E-state index contributed by atoms with van der Waals surface area (Å²) in [5, 5.41) is 8.36. The van der Waals surface area contributed by atoms with Crippen LogP contribution in [0.15, 0.2) is 0 Å². The van der Waals surface area contributed by atoms with Crippen LogP contribution in [0.5, 0.6) is 0 Å². The SMILES string of the molecule is OCC(F)(F)C1CCOCC1. The zero-order valence-corrected chi connectivity index (χ0v) is 6.22. The predicted molar refractivity (Wildman–Crippen MR) is 35.6 cm³/mol. The molecule has 1 rings (SSSR count). The van der Waals surface area contributed by atoms with Gasteiger partial charge in [0.15, 0.2) is 0 Å². The summed E-state index contributed by atoms with van der Waals surface area (Å²) in [7, 11) is 0. The lowest BCUT2D eigenvalue weighted by Crippen LogP contribution is -2.36. The normalized spacial score (nSPS) is 22.1. The van der Waals surface area contributed by atoms with Crippen LogP contribution in [0.4, 0.5) is 8.78 Å². The maximum absolute atomic E-state index is 12.7. The highest BCUT2D eigenvalue weighted by atomic mass is 19.3. The van der Waals surface area contributed by atoms with E-state index in [0.29, 0.717) is 26.1 Å². The van der Waals surface area contributed by atoms with Crippen molar-refractivity contribution in [2.24, 2.45) is 5.92 Å². The zero-order chi connectivity index (χ0) is 8.32. The first-order valence-electron chi connectivity index (χ1n) is 3.73. The van der Waals surface area contributed by atoms with E-state index in [1.165, 1.54) is 0 Å². The number of aliphatic hydroxyl groups is 1. The first-order chi connectivity index (χ1) is 5.17. The van der Waals surface area contributed by atoms with Crippen molar-refractivity contribution in [3.8, 4) is 0 Å². The first-order valence-corrected chi connectivity index (χ1v) is 3.73. The van der Waals surface area contributed by atoms with Gasteiger partial charge >= 0.3 is 0 Å². The van der Waals surface area contributed by atoms with Gasteiger partial charge in [0.05, 0.1) is 0 Å². The molecule has 0 bridgehead atoms. The molecular weight excluding hydrogens is 154 g/mol. The molecule has 4 heteroatoms. The molecule has 11 heavy (non-hydrogen) atoms. The summed E-state index contributed by atoms with van der Waals surface area (Å²) in [6, 6.07) is 0. The Morgan fingerprint density at radius 2 is 1.91 bits per heavy atom. The largest absolute Gasteiger partial charge is 0.390 e. The second-order valence-corrected chi connectivity index (χ2v) is 2.81. The molecule has 0 aromatic carbocycles.